The molecule has 1 nitrogen and oxygen atoms in total. The van der Waals surface area contributed by atoms with E-state index in [0.717, 1.165) is 0 Å². The summed E-state index contributed by atoms with van der Waals surface area (Å²) in [4.78, 5) is 2.63. The van der Waals surface area contributed by atoms with Crippen LogP contribution < -0.4 is 0 Å². The first-order chi connectivity index (χ1) is 7.29. The summed E-state index contributed by atoms with van der Waals surface area (Å²) in [5, 5.41) is 0. The Bertz CT molecular complexity index is 166. The van der Waals surface area contributed by atoms with Crippen LogP contribution in [-0.2, 0) is 0 Å². The van der Waals surface area contributed by atoms with Gasteiger partial charge in [0.15, 0.2) is 0 Å². The van der Waals surface area contributed by atoms with E-state index >= 15 is 0 Å². The monoisotopic (exact) mass is 209 g/mol. The molecule has 0 radical (unpaired) electrons. The van der Waals surface area contributed by atoms with Crippen molar-refractivity contribution >= 4 is 0 Å². The molecule has 15 heavy (non-hydrogen) atoms. The van der Waals surface area contributed by atoms with E-state index in [1.807, 2.05) is 0 Å². The van der Waals surface area contributed by atoms with Crippen molar-refractivity contribution < 1.29 is 0 Å². The Balaban J connectivity index is 1.92. The van der Waals surface area contributed by atoms with Crippen LogP contribution in [-0.4, -0.2) is 24.5 Å². The number of piperidine rings is 1. The van der Waals surface area contributed by atoms with Gasteiger partial charge in [0, 0.05) is 0 Å². The Kier molecular flexibility index (Phi) is 6.74. The molecule has 0 bridgehead atoms. The van der Waals surface area contributed by atoms with Gasteiger partial charge in [-0.15, -0.1) is 0 Å². The van der Waals surface area contributed by atoms with Crippen molar-refractivity contribution in [3.05, 3.63) is 12.2 Å². The molecule has 1 heterocycles. The molecule has 1 aliphatic rings. The summed E-state index contributed by atoms with van der Waals surface area (Å²) in [7, 11) is 0. The third-order valence-electron chi connectivity index (χ3n) is 3.06. The predicted octanol–water partition coefficient (Wildman–Crippen LogP) is 3.85. The van der Waals surface area contributed by atoms with E-state index in [1.54, 1.807) is 0 Å². The molecule has 0 spiro atoms. The highest BCUT2D eigenvalue weighted by atomic mass is 15.1. The Morgan fingerprint density at radius 2 is 1.80 bits per heavy atom. The zero-order valence-corrected chi connectivity index (χ0v) is 10.5. The molecule has 0 amide bonds. The first-order valence-electron chi connectivity index (χ1n) is 6.68. The number of likely N-dealkylation sites (tertiary alicyclic amines) is 1. The van der Waals surface area contributed by atoms with Crippen molar-refractivity contribution in [1.82, 2.24) is 4.90 Å². The molecule has 1 fully saturated rings. The molecule has 0 atom stereocenters. The van der Waals surface area contributed by atoms with Crippen molar-refractivity contribution in [1.29, 1.82) is 0 Å². The largest absolute Gasteiger partial charge is 0.303 e. The van der Waals surface area contributed by atoms with Gasteiger partial charge in [-0.2, -0.15) is 0 Å². The van der Waals surface area contributed by atoms with Gasteiger partial charge >= 0.3 is 0 Å². The average Bonchev–Trinajstić information content (AvgIpc) is 2.24. The molecule has 1 heteroatoms. The number of hydrogen-bond acceptors (Lipinski definition) is 1. The van der Waals surface area contributed by atoms with Crippen molar-refractivity contribution in [2.24, 2.45) is 5.92 Å². The van der Waals surface area contributed by atoms with Crippen LogP contribution in [0.25, 0.3) is 0 Å². The van der Waals surface area contributed by atoms with Crippen LogP contribution in [0.15, 0.2) is 12.2 Å². The Morgan fingerprint density at radius 3 is 2.47 bits per heavy atom. The van der Waals surface area contributed by atoms with Gasteiger partial charge in [-0.1, -0.05) is 32.4 Å². The maximum atomic E-state index is 2.63. The quantitative estimate of drug-likeness (QED) is 0.474. The van der Waals surface area contributed by atoms with Crippen molar-refractivity contribution in [2.75, 3.05) is 19.6 Å². The molecular formula is C14H27N. The molecule has 0 aromatic heterocycles. The second kappa shape index (κ2) is 7.92. The Labute approximate surface area is 95.5 Å². The van der Waals surface area contributed by atoms with Crippen LogP contribution in [0.4, 0.5) is 0 Å². The fourth-order valence-corrected chi connectivity index (χ4v) is 2.15. The summed E-state index contributed by atoms with van der Waals surface area (Å²) in [6.07, 6.45) is 13.0. The van der Waals surface area contributed by atoms with E-state index in [-0.39, 0.29) is 0 Å². The van der Waals surface area contributed by atoms with E-state index in [9.17, 15) is 0 Å². The minimum absolute atomic E-state index is 0.715. The number of allylic oxidation sites excluding steroid dienone is 2. The van der Waals surface area contributed by atoms with Crippen LogP contribution in [0, 0.1) is 5.92 Å². The minimum Gasteiger partial charge on any atom is -0.303 e. The van der Waals surface area contributed by atoms with Gasteiger partial charge in [-0.05, 0) is 57.7 Å². The zero-order chi connectivity index (χ0) is 10.9. The van der Waals surface area contributed by atoms with E-state index < -0.39 is 0 Å². The summed E-state index contributed by atoms with van der Waals surface area (Å²) in [5.41, 5.74) is 0. The Morgan fingerprint density at radius 1 is 1.07 bits per heavy atom. The highest BCUT2D eigenvalue weighted by Crippen LogP contribution is 2.10. The van der Waals surface area contributed by atoms with Crippen molar-refractivity contribution in [3.8, 4) is 0 Å². The second-order valence-corrected chi connectivity index (χ2v) is 5.07. The smallest absolute Gasteiger partial charge is 0.00186 e. The fourth-order valence-electron chi connectivity index (χ4n) is 2.15. The number of unbranched alkanes of at least 4 members (excludes halogenated alkanes) is 2. The lowest BCUT2D eigenvalue weighted by atomic mass is 10.1. The molecular weight excluding hydrogens is 182 g/mol. The molecule has 1 rings (SSSR count). The van der Waals surface area contributed by atoms with E-state index in [4.69, 9.17) is 0 Å². The maximum Gasteiger partial charge on any atom is -0.00186 e. The van der Waals surface area contributed by atoms with Crippen LogP contribution in [0.1, 0.15) is 52.4 Å². The lowest BCUT2D eigenvalue weighted by molar-refractivity contribution is 0.225. The van der Waals surface area contributed by atoms with Crippen LogP contribution in [0.5, 0.6) is 0 Å². The maximum absolute atomic E-state index is 2.63. The van der Waals surface area contributed by atoms with Gasteiger partial charge in [-0.25, -0.2) is 0 Å². The lowest BCUT2D eigenvalue weighted by Gasteiger charge is -2.26. The summed E-state index contributed by atoms with van der Waals surface area (Å²) in [6, 6.07) is 0. The van der Waals surface area contributed by atoms with Crippen LogP contribution in [0.2, 0.25) is 0 Å². The summed E-state index contributed by atoms with van der Waals surface area (Å²) in [5.74, 6) is 0.715. The van der Waals surface area contributed by atoms with Crippen LogP contribution >= 0.6 is 0 Å². The first kappa shape index (κ1) is 12.8. The van der Waals surface area contributed by atoms with Gasteiger partial charge in [0.1, 0.15) is 0 Å². The minimum atomic E-state index is 0.715. The van der Waals surface area contributed by atoms with Crippen LogP contribution in [0.3, 0.4) is 0 Å². The highest BCUT2D eigenvalue weighted by Gasteiger charge is 2.08. The van der Waals surface area contributed by atoms with E-state index in [2.05, 4.69) is 30.9 Å². The summed E-state index contributed by atoms with van der Waals surface area (Å²) >= 11 is 0. The lowest BCUT2D eigenvalue weighted by Crippen LogP contribution is -2.30. The standard InChI is InChI=1S/C14H27N/c1-14(2)10-6-3-4-7-11-15-12-8-5-9-13-15/h6,10,14H,3-5,7-9,11-13H2,1-2H3/b10-6+. The third kappa shape index (κ3) is 6.72. The first-order valence-corrected chi connectivity index (χ1v) is 6.68. The SMILES string of the molecule is CC(C)/C=C/CCCCN1CCCCC1. The number of nitrogens with zero attached hydrogens (tertiary/aromatic N) is 1. The molecule has 0 saturated carbocycles. The summed E-state index contributed by atoms with van der Waals surface area (Å²) < 4.78 is 0. The van der Waals surface area contributed by atoms with E-state index in [0.29, 0.717) is 5.92 Å². The summed E-state index contributed by atoms with van der Waals surface area (Å²) in [6.45, 7) is 8.51. The molecule has 0 aromatic carbocycles. The van der Waals surface area contributed by atoms with E-state index in [1.165, 1.54) is 58.2 Å². The molecule has 88 valence electrons. The number of rotatable bonds is 6. The highest BCUT2D eigenvalue weighted by molar-refractivity contribution is 4.84. The molecule has 0 unspecified atom stereocenters. The van der Waals surface area contributed by atoms with Crippen molar-refractivity contribution in [3.63, 3.8) is 0 Å². The van der Waals surface area contributed by atoms with Gasteiger partial charge < -0.3 is 4.90 Å². The molecule has 0 N–H and O–H groups in total. The van der Waals surface area contributed by atoms with Gasteiger partial charge in [0.2, 0.25) is 0 Å². The molecule has 1 saturated heterocycles. The van der Waals surface area contributed by atoms with Gasteiger partial charge in [0.05, 0.1) is 0 Å². The third-order valence-corrected chi connectivity index (χ3v) is 3.06. The zero-order valence-electron chi connectivity index (χ0n) is 10.5. The number of hydrogen-bond donors (Lipinski definition) is 0. The normalized spacial score (nSPS) is 19.1. The van der Waals surface area contributed by atoms with Gasteiger partial charge in [0.25, 0.3) is 0 Å². The average molecular weight is 209 g/mol. The second-order valence-electron chi connectivity index (χ2n) is 5.07. The topological polar surface area (TPSA) is 3.24 Å². The predicted molar refractivity (Wildman–Crippen MR) is 68.1 cm³/mol. The fraction of sp³-hybridized carbons (Fsp3) is 0.857. The Hall–Kier alpha value is -0.300. The molecule has 0 aromatic rings. The van der Waals surface area contributed by atoms with Gasteiger partial charge in [-0.3, -0.25) is 0 Å². The van der Waals surface area contributed by atoms with Crippen molar-refractivity contribution in [2.45, 2.75) is 52.4 Å². The molecule has 0 aliphatic carbocycles. The molecule has 1 aliphatic heterocycles.